The van der Waals surface area contributed by atoms with Crippen molar-refractivity contribution >= 4 is 35.1 Å². The molecule has 4 aliphatic rings. The van der Waals surface area contributed by atoms with Gasteiger partial charge in [-0.1, -0.05) is 45.3 Å². The first-order valence-electron chi connectivity index (χ1n) is 13.0. The highest BCUT2D eigenvalue weighted by Crippen LogP contribution is 2.72. The number of alkyl halides is 1. The molecule has 4 aliphatic carbocycles. The summed E-state index contributed by atoms with van der Waals surface area (Å²) in [5, 5.41) is 11.8. The SMILES string of the molecule is CC#CC(=O)O[C@]1(C(=O)COC(=O)CC)[C@@H](C)C[C@H]2C3CCC4=CC(=O)C=CC4(C)[C@@]3(Cl)[C@@H](O)CC21C. The molecule has 200 valence electrons. The largest absolute Gasteiger partial charge is 0.457 e. The van der Waals surface area contributed by atoms with E-state index in [1.165, 1.54) is 13.0 Å². The number of ether oxygens (including phenoxy) is 2. The van der Waals surface area contributed by atoms with E-state index in [2.05, 4.69) is 11.8 Å². The Hall–Kier alpha value is -2.43. The number of carbonyl (C=O) groups excluding carboxylic acids is 4. The van der Waals surface area contributed by atoms with Crippen molar-refractivity contribution in [1.29, 1.82) is 0 Å². The van der Waals surface area contributed by atoms with E-state index in [0.717, 1.165) is 5.57 Å². The molecule has 37 heavy (non-hydrogen) atoms. The van der Waals surface area contributed by atoms with Crippen LogP contribution >= 0.6 is 11.6 Å². The van der Waals surface area contributed by atoms with E-state index in [-0.39, 0.29) is 30.5 Å². The van der Waals surface area contributed by atoms with Crippen LogP contribution in [0.15, 0.2) is 23.8 Å². The Labute approximate surface area is 223 Å². The van der Waals surface area contributed by atoms with E-state index in [1.54, 1.807) is 13.0 Å². The number of ketones is 2. The van der Waals surface area contributed by atoms with Crippen LogP contribution in [0.4, 0.5) is 0 Å². The van der Waals surface area contributed by atoms with Gasteiger partial charge in [-0.05, 0) is 56.6 Å². The number of aliphatic hydroxyl groups excluding tert-OH is 1. The summed E-state index contributed by atoms with van der Waals surface area (Å²) in [7, 11) is 0. The van der Waals surface area contributed by atoms with Crippen LogP contribution in [0.3, 0.4) is 0 Å². The Balaban J connectivity index is 1.81. The van der Waals surface area contributed by atoms with Gasteiger partial charge in [0.15, 0.2) is 18.0 Å². The second-order valence-corrected chi connectivity index (χ2v) is 12.0. The highest BCUT2D eigenvalue weighted by atomic mass is 35.5. The first kappa shape index (κ1) is 27.6. The third-order valence-electron chi connectivity index (χ3n) is 9.73. The molecular formula is C29H35ClO7. The highest BCUT2D eigenvalue weighted by molar-refractivity contribution is 6.26. The molecule has 0 heterocycles. The maximum absolute atomic E-state index is 13.9. The number of esters is 2. The van der Waals surface area contributed by atoms with E-state index in [0.29, 0.717) is 19.3 Å². The van der Waals surface area contributed by atoms with Crippen molar-refractivity contribution in [3.05, 3.63) is 23.8 Å². The maximum Gasteiger partial charge on any atom is 0.385 e. The summed E-state index contributed by atoms with van der Waals surface area (Å²) in [6.45, 7) is 8.29. The van der Waals surface area contributed by atoms with E-state index in [9.17, 15) is 24.3 Å². The normalized spacial score (nSPS) is 41.8. The number of rotatable bonds is 5. The summed E-state index contributed by atoms with van der Waals surface area (Å²) in [5.41, 5.74) is -2.48. The first-order chi connectivity index (χ1) is 17.3. The van der Waals surface area contributed by atoms with Crippen LogP contribution in [0.5, 0.6) is 0 Å². The molecule has 7 nitrogen and oxygen atoms in total. The molecule has 0 aliphatic heterocycles. The second-order valence-electron chi connectivity index (χ2n) is 11.3. The van der Waals surface area contributed by atoms with Gasteiger partial charge in [0, 0.05) is 29.1 Å². The van der Waals surface area contributed by atoms with Crippen LogP contribution in [0.1, 0.15) is 66.7 Å². The number of Topliss-reactive ketones (excluding diaryl/α,β-unsaturated/α-hetero) is 1. The third kappa shape index (κ3) is 3.74. The summed E-state index contributed by atoms with van der Waals surface area (Å²) >= 11 is 7.48. The molecule has 0 aromatic carbocycles. The molecule has 3 fully saturated rings. The fraction of sp³-hybridized carbons (Fsp3) is 0.655. The average Bonchev–Trinajstić information content (AvgIpc) is 3.05. The zero-order valence-electron chi connectivity index (χ0n) is 22.1. The molecule has 0 saturated heterocycles. The molecule has 8 heteroatoms. The number of aliphatic hydroxyl groups is 1. The maximum atomic E-state index is 13.9. The van der Waals surface area contributed by atoms with Crippen molar-refractivity contribution in [1.82, 2.24) is 0 Å². The molecule has 0 aromatic rings. The molecule has 8 atom stereocenters. The van der Waals surface area contributed by atoms with Gasteiger partial charge in [0.25, 0.3) is 0 Å². The minimum atomic E-state index is -1.65. The average molecular weight is 531 g/mol. The monoisotopic (exact) mass is 530 g/mol. The van der Waals surface area contributed by atoms with Crippen LogP contribution in [-0.4, -0.2) is 51.8 Å². The number of halogens is 1. The highest BCUT2D eigenvalue weighted by Gasteiger charge is 2.76. The lowest BCUT2D eigenvalue weighted by molar-refractivity contribution is -0.200. The Morgan fingerprint density at radius 1 is 1.24 bits per heavy atom. The van der Waals surface area contributed by atoms with Gasteiger partial charge in [-0.3, -0.25) is 14.4 Å². The lowest BCUT2D eigenvalue weighted by Gasteiger charge is -2.64. The van der Waals surface area contributed by atoms with Gasteiger partial charge in [-0.25, -0.2) is 4.79 Å². The smallest absolute Gasteiger partial charge is 0.385 e. The standard InChI is InChI=1S/C29H35ClO7/c1-6-8-25(35)37-29(23(33)16-36-24(34)7-2)17(3)13-21-20-10-9-18-14-19(31)11-12-26(18,4)28(20,30)22(32)15-27(21,29)5/h11-12,14,17,20-22,32H,7,9-10,13,15-16H2,1-5H3/t17-,20?,21-,22-,26?,27?,28-,29-/m0/s1. The van der Waals surface area contributed by atoms with Gasteiger partial charge in [0.05, 0.1) is 11.0 Å². The molecule has 1 N–H and O–H groups in total. The fourth-order valence-electron chi connectivity index (χ4n) is 8.03. The molecule has 0 spiro atoms. The quantitative estimate of drug-likeness (QED) is 0.250. The Morgan fingerprint density at radius 3 is 2.59 bits per heavy atom. The summed E-state index contributed by atoms with van der Waals surface area (Å²) in [6.07, 6.45) is 5.86. The molecule has 0 aromatic heterocycles. The Bertz CT molecular complexity index is 1160. The molecule has 3 saturated carbocycles. The minimum Gasteiger partial charge on any atom is -0.457 e. The summed E-state index contributed by atoms with van der Waals surface area (Å²) < 4.78 is 11.2. The lowest BCUT2D eigenvalue weighted by atomic mass is 9.45. The van der Waals surface area contributed by atoms with Gasteiger partial charge < -0.3 is 14.6 Å². The first-order valence-corrected chi connectivity index (χ1v) is 13.4. The fourth-order valence-corrected chi connectivity index (χ4v) is 8.55. The van der Waals surface area contributed by atoms with Gasteiger partial charge in [0.1, 0.15) is 0 Å². The van der Waals surface area contributed by atoms with Gasteiger partial charge in [-0.15, -0.1) is 11.6 Å². The number of hydrogen-bond donors (Lipinski definition) is 1. The molecule has 3 unspecified atom stereocenters. The van der Waals surface area contributed by atoms with Crippen LogP contribution in [0.25, 0.3) is 0 Å². The second kappa shape index (κ2) is 9.39. The van der Waals surface area contributed by atoms with Crippen LogP contribution in [-0.2, 0) is 28.7 Å². The Kier molecular flexibility index (Phi) is 7.01. The van der Waals surface area contributed by atoms with Crippen molar-refractivity contribution < 1.29 is 33.8 Å². The van der Waals surface area contributed by atoms with Crippen LogP contribution < -0.4 is 0 Å². The van der Waals surface area contributed by atoms with Crippen LogP contribution in [0.2, 0.25) is 0 Å². The van der Waals surface area contributed by atoms with Crippen molar-refractivity contribution in [3.8, 4) is 11.8 Å². The third-order valence-corrected chi connectivity index (χ3v) is 10.7. The van der Waals surface area contributed by atoms with E-state index < -0.39 is 57.7 Å². The summed E-state index contributed by atoms with van der Waals surface area (Å²) in [6, 6.07) is 0. The predicted octanol–water partition coefficient (Wildman–Crippen LogP) is 3.70. The zero-order chi connectivity index (χ0) is 27.4. The van der Waals surface area contributed by atoms with Gasteiger partial charge in [-0.2, -0.15) is 0 Å². The molecule has 0 amide bonds. The van der Waals surface area contributed by atoms with Crippen molar-refractivity contribution in [2.45, 2.75) is 83.3 Å². The van der Waals surface area contributed by atoms with Gasteiger partial charge >= 0.3 is 11.9 Å². The van der Waals surface area contributed by atoms with Crippen molar-refractivity contribution in [2.75, 3.05) is 6.61 Å². The minimum absolute atomic E-state index is 0.0902. The Morgan fingerprint density at radius 2 is 1.95 bits per heavy atom. The molecular weight excluding hydrogens is 496 g/mol. The summed E-state index contributed by atoms with van der Waals surface area (Å²) in [5.74, 6) is 2.09. The molecule has 0 radical (unpaired) electrons. The predicted molar refractivity (Wildman–Crippen MR) is 136 cm³/mol. The van der Waals surface area contributed by atoms with Gasteiger partial charge in [0.2, 0.25) is 5.78 Å². The summed E-state index contributed by atoms with van der Waals surface area (Å²) in [4.78, 5) is 49.6. The van der Waals surface area contributed by atoms with E-state index >= 15 is 0 Å². The van der Waals surface area contributed by atoms with Crippen molar-refractivity contribution in [3.63, 3.8) is 0 Å². The van der Waals surface area contributed by atoms with E-state index in [1.807, 2.05) is 26.8 Å². The van der Waals surface area contributed by atoms with Crippen LogP contribution in [0, 0.1) is 40.4 Å². The number of allylic oxidation sites excluding steroid dienone is 4. The van der Waals surface area contributed by atoms with E-state index in [4.69, 9.17) is 21.1 Å². The zero-order valence-corrected chi connectivity index (χ0v) is 22.8. The number of carbonyl (C=O) groups is 4. The topological polar surface area (TPSA) is 107 Å². The number of fused-ring (bicyclic) bond motifs is 5. The van der Waals surface area contributed by atoms with Crippen molar-refractivity contribution in [2.24, 2.45) is 28.6 Å². The molecule has 0 bridgehead atoms. The lowest BCUT2D eigenvalue weighted by Crippen LogP contribution is -2.69. The molecule has 4 rings (SSSR count). The number of hydrogen-bond acceptors (Lipinski definition) is 7.